The van der Waals surface area contributed by atoms with Gasteiger partial charge in [-0.05, 0) is 48.2 Å². The minimum atomic E-state index is -0.888. The van der Waals surface area contributed by atoms with E-state index in [1.54, 1.807) is 25.4 Å². The number of rotatable bonds is 4. The van der Waals surface area contributed by atoms with E-state index in [9.17, 15) is 4.79 Å². The third-order valence-corrected chi connectivity index (χ3v) is 2.86. The van der Waals surface area contributed by atoms with E-state index >= 15 is 0 Å². The summed E-state index contributed by atoms with van der Waals surface area (Å²) in [6.07, 6.45) is 6.08. The van der Waals surface area contributed by atoms with Crippen molar-refractivity contribution in [2.45, 2.75) is 13.3 Å². The SMILES string of the molecule is CC(=Cc1ccc(Cc2ccncc2)cc1)C(=O)O. The Morgan fingerprint density at radius 2 is 1.68 bits per heavy atom. The van der Waals surface area contributed by atoms with Crippen LogP contribution in [0.2, 0.25) is 0 Å². The van der Waals surface area contributed by atoms with Gasteiger partial charge in [-0.3, -0.25) is 4.98 Å². The highest BCUT2D eigenvalue weighted by Gasteiger charge is 2.00. The second-order valence-electron chi connectivity index (χ2n) is 4.41. The second kappa shape index (κ2) is 5.96. The van der Waals surface area contributed by atoms with Crippen LogP contribution in [0.5, 0.6) is 0 Å². The maximum atomic E-state index is 10.7. The second-order valence-corrected chi connectivity index (χ2v) is 4.41. The maximum Gasteiger partial charge on any atom is 0.331 e. The van der Waals surface area contributed by atoms with E-state index in [2.05, 4.69) is 4.98 Å². The van der Waals surface area contributed by atoms with Gasteiger partial charge >= 0.3 is 5.97 Å². The molecule has 2 rings (SSSR count). The molecule has 19 heavy (non-hydrogen) atoms. The van der Waals surface area contributed by atoms with Crippen LogP contribution in [0.25, 0.3) is 6.08 Å². The fourth-order valence-corrected chi connectivity index (χ4v) is 1.78. The van der Waals surface area contributed by atoms with Crippen molar-refractivity contribution >= 4 is 12.0 Å². The standard InChI is InChI=1S/C16H15NO2/c1-12(16(18)19)10-13-2-4-14(5-3-13)11-15-6-8-17-9-7-15/h2-10H,11H2,1H3,(H,18,19). The van der Waals surface area contributed by atoms with Gasteiger partial charge in [0, 0.05) is 18.0 Å². The number of hydrogen-bond acceptors (Lipinski definition) is 2. The van der Waals surface area contributed by atoms with Crippen molar-refractivity contribution < 1.29 is 9.90 Å². The van der Waals surface area contributed by atoms with Gasteiger partial charge in [0.05, 0.1) is 0 Å². The van der Waals surface area contributed by atoms with Crippen molar-refractivity contribution in [1.29, 1.82) is 0 Å². The molecular weight excluding hydrogens is 238 g/mol. The van der Waals surface area contributed by atoms with Crippen LogP contribution in [0.15, 0.2) is 54.4 Å². The van der Waals surface area contributed by atoms with E-state index < -0.39 is 5.97 Å². The third kappa shape index (κ3) is 3.78. The van der Waals surface area contributed by atoms with Crippen molar-refractivity contribution in [2.24, 2.45) is 0 Å². The van der Waals surface area contributed by atoms with Gasteiger partial charge in [-0.2, -0.15) is 0 Å². The molecule has 1 heterocycles. The van der Waals surface area contributed by atoms with Crippen LogP contribution < -0.4 is 0 Å². The van der Waals surface area contributed by atoms with Crippen molar-refractivity contribution in [2.75, 3.05) is 0 Å². The topological polar surface area (TPSA) is 50.2 Å². The molecule has 0 saturated heterocycles. The molecule has 0 aliphatic rings. The molecule has 3 nitrogen and oxygen atoms in total. The number of hydrogen-bond donors (Lipinski definition) is 1. The summed E-state index contributed by atoms with van der Waals surface area (Å²) in [7, 11) is 0. The first-order chi connectivity index (χ1) is 9.15. The molecule has 0 aliphatic heterocycles. The summed E-state index contributed by atoms with van der Waals surface area (Å²) in [4.78, 5) is 14.7. The molecule has 96 valence electrons. The molecular formula is C16H15NO2. The average Bonchev–Trinajstić information content (AvgIpc) is 2.42. The molecule has 1 aromatic heterocycles. The summed E-state index contributed by atoms with van der Waals surface area (Å²) >= 11 is 0. The molecule has 0 aliphatic carbocycles. The lowest BCUT2D eigenvalue weighted by Crippen LogP contribution is -1.95. The zero-order valence-electron chi connectivity index (χ0n) is 10.7. The molecule has 0 unspecified atom stereocenters. The maximum absolute atomic E-state index is 10.7. The Morgan fingerprint density at radius 1 is 1.11 bits per heavy atom. The van der Waals surface area contributed by atoms with Gasteiger partial charge in [0.15, 0.2) is 0 Å². The summed E-state index contributed by atoms with van der Waals surface area (Å²) in [5.41, 5.74) is 3.64. The largest absolute Gasteiger partial charge is 0.478 e. The number of aromatic nitrogens is 1. The number of carbonyl (C=O) groups is 1. The predicted octanol–water partition coefficient (Wildman–Crippen LogP) is 3.16. The first kappa shape index (κ1) is 13.0. The monoisotopic (exact) mass is 253 g/mol. The predicted molar refractivity (Wildman–Crippen MR) is 74.8 cm³/mol. The Hall–Kier alpha value is -2.42. The zero-order chi connectivity index (χ0) is 13.7. The van der Waals surface area contributed by atoms with Gasteiger partial charge in [0.2, 0.25) is 0 Å². The number of pyridine rings is 1. The van der Waals surface area contributed by atoms with Crippen LogP contribution in [0.3, 0.4) is 0 Å². The van der Waals surface area contributed by atoms with Crippen molar-refractivity contribution in [1.82, 2.24) is 4.98 Å². The smallest absolute Gasteiger partial charge is 0.331 e. The number of nitrogens with zero attached hydrogens (tertiary/aromatic N) is 1. The van der Waals surface area contributed by atoms with Crippen LogP contribution in [-0.4, -0.2) is 16.1 Å². The van der Waals surface area contributed by atoms with Crippen LogP contribution in [0, 0.1) is 0 Å². The molecule has 0 amide bonds. The van der Waals surface area contributed by atoms with Crippen molar-refractivity contribution in [3.63, 3.8) is 0 Å². The molecule has 0 spiro atoms. The van der Waals surface area contributed by atoms with Gasteiger partial charge in [0.25, 0.3) is 0 Å². The van der Waals surface area contributed by atoms with Gasteiger partial charge in [0.1, 0.15) is 0 Å². The highest BCUT2D eigenvalue weighted by molar-refractivity contribution is 5.91. The van der Waals surface area contributed by atoms with E-state index in [4.69, 9.17) is 5.11 Å². The Morgan fingerprint density at radius 3 is 2.26 bits per heavy atom. The Kier molecular flexibility index (Phi) is 4.08. The Labute approximate surface area is 112 Å². The summed E-state index contributed by atoms with van der Waals surface area (Å²) in [6.45, 7) is 1.59. The van der Waals surface area contributed by atoms with Gasteiger partial charge in [-0.15, -0.1) is 0 Å². The normalized spacial score (nSPS) is 11.3. The summed E-state index contributed by atoms with van der Waals surface area (Å²) in [6, 6.07) is 11.9. The van der Waals surface area contributed by atoms with Gasteiger partial charge in [-0.25, -0.2) is 4.79 Å². The Balaban J connectivity index is 2.11. The fraction of sp³-hybridized carbons (Fsp3) is 0.125. The van der Waals surface area contributed by atoms with Crippen LogP contribution in [0.1, 0.15) is 23.6 Å². The highest BCUT2D eigenvalue weighted by atomic mass is 16.4. The van der Waals surface area contributed by atoms with Crippen molar-refractivity contribution in [3.05, 3.63) is 71.1 Å². The van der Waals surface area contributed by atoms with Gasteiger partial charge < -0.3 is 5.11 Å². The zero-order valence-corrected chi connectivity index (χ0v) is 10.7. The lowest BCUT2D eigenvalue weighted by Gasteiger charge is -2.02. The molecule has 3 heteroatoms. The quantitative estimate of drug-likeness (QED) is 0.851. The van der Waals surface area contributed by atoms with E-state index in [1.165, 1.54) is 11.1 Å². The van der Waals surface area contributed by atoms with E-state index in [0.29, 0.717) is 5.57 Å². The number of carboxylic acid groups (broad SMARTS) is 1. The molecule has 0 bridgehead atoms. The number of carboxylic acids is 1. The lowest BCUT2D eigenvalue weighted by molar-refractivity contribution is -0.132. The summed E-state index contributed by atoms with van der Waals surface area (Å²) < 4.78 is 0. The van der Waals surface area contributed by atoms with E-state index in [0.717, 1.165) is 12.0 Å². The lowest BCUT2D eigenvalue weighted by atomic mass is 10.0. The van der Waals surface area contributed by atoms with Crippen LogP contribution in [-0.2, 0) is 11.2 Å². The third-order valence-electron chi connectivity index (χ3n) is 2.86. The summed E-state index contributed by atoms with van der Waals surface area (Å²) in [5.74, 6) is -0.888. The molecule has 1 aromatic carbocycles. The first-order valence-corrected chi connectivity index (χ1v) is 6.04. The Bertz CT molecular complexity index is 586. The summed E-state index contributed by atoms with van der Waals surface area (Å²) in [5, 5.41) is 8.82. The minimum Gasteiger partial charge on any atom is -0.478 e. The molecule has 0 fully saturated rings. The van der Waals surface area contributed by atoms with Crippen LogP contribution >= 0.6 is 0 Å². The molecule has 0 atom stereocenters. The molecule has 0 radical (unpaired) electrons. The fourth-order valence-electron chi connectivity index (χ4n) is 1.78. The van der Waals surface area contributed by atoms with Crippen molar-refractivity contribution in [3.8, 4) is 0 Å². The van der Waals surface area contributed by atoms with Gasteiger partial charge in [-0.1, -0.05) is 24.3 Å². The highest BCUT2D eigenvalue weighted by Crippen LogP contribution is 2.12. The average molecular weight is 253 g/mol. The van der Waals surface area contributed by atoms with Crippen LogP contribution in [0.4, 0.5) is 0 Å². The number of aliphatic carboxylic acids is 1. The minimum absolute atomic E-state index is 0.335. The number of benzene rings is 1. The molecule has 0 saturated carbocycles. The van der Waals surface area contributed by atoms with E-state index in [1.807, 2.05) is 36.4 Å². The molecule has 1 N–H and O–H groups in total. The first-order valence-electron chi connectivity index (χ1n) is 6.04. The molecule has 2 aromatic rings. The van der Waals surface area contributed by atoms with E-state index in [-0.39, 0.29) is 0 Å².